The maximum Gasteiger partial charge on any atom is 0.343 e. The van der Waals surface area contributed by atoms with Crippen molar-refractivity contribution in [2.24, 2.45) is 5.92 Å². The third-order valence-electron chi connectivity index (χ3n) is 3.47. The number of carbonyl (C=O) groups excluding carboxylic acids is 3. The molecule has 6 nitrogen and oxygen atoms in total. The molecule has 2 aliphatic rings. The van der Waals surface area contributed by atoms with E-state index < -0.39 is 11.9 Å². The van der Waals surface area contributed by atoms with Gasteiger partial charge in [0.2, 0.25) is 11.8 Å². The standard InChI is InChI=1S/C13H12ClN3O3/c14-10-4-2-1-3-7(10)8-5-9(8)12(19)16-17-6-11(18)15-13(17)20/h1-4,8-9H,5-6H2,(H,16,19)(H,15,18,20)/t8-,9+/m1/s1. The van der Waals surface area contributed by atoms with Gasteiger partial charge < -0.3 is 0 Å². The van der Waals surface area contributed by atoms with Gasteiger partial charge in [-0.3, -0.25) is 20.3 Å². The Kier molecular flexibility index (Phi) is 3.10. The molecule has 1 aliphatic heterocycles. The number of hydrogen-bond donors (Lipinski definition) is 2. The summed E-state index contributed by atoms with van der Waals surface area (Å²) in [6.45, 7) is -0.145. The lowest BCUT2D eigenvalue weighted by molar-refractivity contribution is -0.126. The van der Waals surface area contributed by atoms with Gasteiger partial charge in [-0.2, -0.15) is 0 Å². The van der Waals surface area contributed by atoms with Crippen molar-refractivity contribution in [3.63, 3.8) is 0 Å². The van der Waals surface area contributed by atoms with Gasteiger partial charge in [0.25, 0.3) is 0 Å². The fourth-order valence-corrected chi connectivity index (χ4v) is 2.63. The minimum Gasteiger partial charge on any atom is -0.275 e. The highest BCUT2D eigenvalue weighted by atomic mass is 35.5. The largest absolute Gasteiger partial charge is 0.343 e. The second kappa shape index (κ2) is 4.79. The Balaban J connectivity index is 1.62. The Morgan fingerprint density at radius 2 is 2.10 bits per heavy atom. The lowest BCUT2D eigenvalue weighted by Crippen LogP contribution is -2.45. The van der Waals surface area contributed by atoms with Crippen LogP contribution < -0.4 is 10.7 Å². The van der Waals surface area contributed by atoms with Crippen molar-refractivity contribution in [1.29, 1.82) is 0 Å². The van der Waals surface area contributed by atoms with Gasteiger partial charge in [-0.1, -0.05) is 29.8 Å². The van der Waals surface area contributed by atoms with E-state index in [-0.39, 0.29) is 24.3 Å². The molecule has 4 amide bonds. The molecule has 1 aromatic rings. The number of halogens is 1. The SMILES string of the molecule is O=C1CN(NC(=O)[C@H]2C[C@@H]2c2ccccc2Cl)C(=O)N1. The summed E-state index contributed by atoms with van der Waals surface area (Å²) >= 11 is 6.09. The molecule has 20 heavy (non-hydrogen) atoms. The van der Waals surface area contributed by atoms with Gasteiger partial charge in [0, 0.05) is 10.9 Å². The molecular weight excluding hydrogens is 282 g/mol. The van der Waals surface area contributed by atoms with Crippen LogP contribution >= 0.6 is 11.6 Å². The molecule has 1 aliphatic carbocycles. The van der Waals surface area contributed by atoms with Gasteiger partial charge in [0.05, 0.1) is 0 Å². The minimum atomic E-state index is -0.599. The van der Waals surface area contributed by atoms with Crippen molar-refractivity contribution in [1.82, 2.24) is 15.8 Å². The number of amides is 4. The minimum absolute atomic E-state index is 0.0741. The Morgan fingerprint density at radius 3 is 2.75 bits per heavy atom. The molecule has 0 spiro atoms. The average Bonchev–Trinajstić information content (AvgIpc) is 3.12. The fourth-order valence-electron chi connectivity index (χ4n) is 2.35. The summed E-state index contributed by atoms with van der Waals surface area (Å²) in [7, 11) is 0. The van der Waals surface area contributed by atoms with Crippen LogP contribution in [0, 0.1) is 5.92 Å². The van der Waals surface area contributed by atoms with Crippen LogP contribution in [0.1, 0.15) is 17.9 Å². The lowest BCUT2D eigenvalue weighted by Gasteiger charge is -2.14. The van der Waals surface area contributed by atoms with Crippen molar-refractivity contribution in [3.05, 3.63) is 34.9 Å². The maximum atomic E-state index is 12.0. The van der Waals surface area contributed by atoms with E-state index in [0.29, 0.717) is 11.4 Å². The molecule has 0 unspecified atom stereocenters. The van der Waals surface area contributed by atoms with E-state index in [0.717, 1.165) is 10.6 Å². The molecular formula is C13H12ClN3O3. The van der Waals surface area contributed by atoms with Crippen molar-refractivity contribution in [3.8, 4) is 0 Å². The fraction of sp³-hybridized carbons (Fsp3) is 0.308. The second-order valence-electron chi connectivity index (χ2n) is 4.89. The highest BCUT2D eigenvalue weighted by Crippen LogP contribution is 2.49. The van der Waals surface area contributed by atoms with Gasteiger partial charge >= 0.3 is 6.03 Å². The first-order valence-electron chi connectivity index (χ1n) is 6.22. The third kappa shape index (κ3) is 2.34. The number of carbonyl (C=O) groups is 3. The first-order chi connectivity index (χ1) is 9.56. The Hall–Kier alpha value is -2.08. The summed E-state index contributed by atoms with van der Waals surface area (Å²) in [5.74, 6) is -0.822. The second-order valence-corrected chi connectivity index (χ2v) is 5.29. The Morgan fingerprint density at radius 1 is 1.35 bits per heavy atom. The number of hydrazine groups is 1. The maximum absolute atomic E-state index is 12.0. The van der Waals surface area contributed by atoms with Crippen LogP contribution in [0.5, 0.6) is 0 Å². The normalized spacial score (nSPS) is 24.6. The topological polar surface area (TPSA) is 78.5 Å². The van der Waals surface area contributed by atoms with Crippen LogP contribution in [0.3, 0.4) is 0 Å². The highest BCUT2D eigenvalue weighted by Gasteiger charge is 2.46. The molecule has 104 valence electrons. The number of benzene rings is 1. The van der Waals surface area contributed by atoms with E-state index in [4.69, 9.17) is 11.6 Å². The number of imide groups is 1. The molecule has 3 rings (SSSR count). The van der Waals surface area contributed by atoms with Crippen LogP contribution in [0.25, 0.3) is 0 Å². The Labute approximate surface area is 120 Å². The van der Waals surface area contributed by atoms with Crippen molar-refractivity contribution >= 4 is 29.4 Å². The van der Waals surface area contributed by atoms with Gasteiger partial charge in [0.15, 0.2) is 0 Å². The summed E-state index contributed by atoms with van der Waals surface area (Å²) in [5, 5.41) is 3.73. The van der Waals surface area contributed by atoms with Crippen LogP contribution in [0.4, 0.5) is 4.79 Å². The summed E-state index contributed by atoms with van der Waals surface area (Å²) < 4.78 is 0. The number of rotatable bonds is 3. The first-order valence-corrected chi connectivity index (χ1v) is 6.60. The Bertz CT molecular complexity index is 604. The number of nitrogens with one attached hydrogen (secondary N) is 2. The van der Waals surface area contributed by atoms with Gasteiger partial charge in [-0.25, -0.2) is 9.80 Å². The molecule has 1 heterocycles. The summed E-state index contributed by atoms with van der Waals surface area (Å²) in [5.41, 5.74) is 3.40. The molecule has 0 aromatic heterocycles. The van der Waals surface area contributed by atoms with E-state index in [1.54, 1.807) is 6.07 Å². The average molecular weight is 294 g/mol. The highest BCUT2D eigenvalue weighted by molar-refractivity contribution is 6.31. The van der Waals surface area contributed by atoms with Crippen LogP contribution in [0.2, 0.25) is 5.02 Å². The van der Waals surface area contributed by atoms with E-state index in [1.807, 2.05) is 18.2 Å². The van der Waals surface area contributed by atoms with Gasteiger partial charge in [0.1, 0.15) is 6.54 Å². The van der Waals surface area contributed by atoms with Crippen molar-refractivity contribution in [2.75, 3.05) is 6.54 Å². The van der Waals surface area contributed by atoms with Crippen LogP contribution in [-0.2, 0) is 9.59 Å². The van der Waals surface area contributed by atoms with Gasteiger partial charge in [-0.05, 0) is 24.0 Å². The smallest absolute Gasteiger partial charge is 0.275 e. The number of urea groups is 1. The van der Waals surface area contributed by atoms with E-state index >= 15 is 0 Å². The molecule has 0 radical (unpaired) electrons. The monoisotopic (exact) mass is 293 g/mol. The molecule has 1 saturated carbocycles. The molecule has 2 atom stereocenters. The lowest BCUT2D eigenvalue weighted by atomic mass is 10.1. The summed E-state index contributed by atoms with van der Waals surface area (Å²) in [4.78, 5) is 34.4. The first kappa shape index (κ1) is 12.9. The molecule has 1 aromatic carbocycles. The van der Waals surface area contributed by atoms with E-state index in [1.165, 1.54) is 0 Å². The van der Waals surface area contributed by atoms with E-state index in [9.17, 15) is 14.4 Å². The zero-order valence-electron chi connectivity index (χ0n) is 10.4. The third-order valence-corrected chi connectivity index (χ3v) is 3.81. The summed E-state index contributed by atoms with van der Waals surface area (Å²) in [6.07, 6.45) is 0.693. The predicted octanol–water partition coefficient (Wildman–Crippen LogP) is 1.03. The van der Waals surface area contributed by atoms with Crippen molar-refractivity contribution in [2.45, 2.75) is 12.3 Å². The van der Waals surface area contributed by atoms with Gasteiger partial charge in [-0.15, -0.1) is 0 Å². The molecule has 2 fully saturated rings. The molecule has 7 heteroatoms. The summed E-state index contributed by atoms with van der Waals surface area (Å²) in [6, 6.07) is 6.80. The van der Waals surface area contributed by atoms with E-state index in [2.05, 4.69) is 10.7 Å². The zero-order valence-corrected chi connectivity index (χ0v) is 11.2. The van der Waals surface area contributed by atoms with Crippen LogP contribution in [-0.4, -0.2) is 29.4 Å². The zero-order chi connectivity index (χ0) is 14.3. The number of hydrogen-bond acceptors (Lipinski definition) is 3. The quantitative estimate of drug-likeness (QED) is 0.817. The number of nitrogens with zero attached hydrogens (tertiary/aromatic N) is 1. The molecule has 1 saturated heterocycles. The molecule has 2 N–H and O–H groups in total. The van der Waals surface area contributed by atoms with Crippen LogP contribution in [0.15, 0.2) is 24.3 Å². The molecule has 0 bridgehead atoms. The predicted molar refractivity (Wildman–Crippen MR) is 70.7 cm³/mol. The van der Waals surface area contributed by atoms with Crippen molar-refractivity contribution < 1.29 is 14.4 Å².